The van der Waals surface area contributed by atoms with Crippen molar-refractivity contribution >= 4 is 44.1 Å². The van der Waals surface area contributed by atoms with E-state index < -0.39 is 0 Å². The number of imidazole rings is 2. The van der Waals surface area contributed by atoms with Gasteiger partial charge in [0, 0.05) is 15.9 Å². The Morgan fingerprint density at radius 2 is 2.07 bits per heavy atom. The number of thiophene rings is 1. The van der Waals surface area contributed by atoms with Gasteiger partial charge in [0.15, 0.2) is 0 Å². The zero-order valence-corrected chi connectivity index (χ0v) is 17.6. The SMILES string of the molecule is O=c1[nH]c(NC2CCCCC2)c(-c2cc(Br)cs2)n1-c1ccc2nc[nH]c2c1. The maximum Gasteiger partial charge on any atom is 0.332 e. The highest BCUT2D eigenvalue weighted by Crippen LogP contribution is 2.36. The van der Waals surface area contributed by atoms with E-state index in [4.69, 9.17) is 0 Å². The summed E-state index contributed by atoms with van der Waals surface area (Å²) in [6, 6.07) is 8.30. The van der Waals surface area contributed by atoms with Gasteiger partial charge in [0.05, 0.1) is 27.9 Å². The average Bonchev–Trinajstić information content (AvgIpc) is 3.40. The molecule has 0 atom stereocenters. The van der Waals surface area contributed by atoms with Crippen molar-refractivity contribution in [3.8, 4) is 16.3 Å². The van der Waals surface area contributed by atoms with Crippen LogP contribution in [0.25, 0.3) is 27.3 Å². The van der Waals surface area contributed by atoms with Gasteiger partial charge in [0.1, 0.15) is 11.5 Å². The van der Waals surface area contributed by atoms with Gasteiger partial charge in [-0.15, -0.1) is 11.3 Å². The number of nitrogens with one attached hydrogen (secondary N) is 3. The quantitative estimate of drug-likeness (QED) is 0.390. The third-order valence-electron chi connectivity index (χ3n) is 5.31. The van der Waals surface area contributed by atoms with Gasteiger partial charge < -0.3 is 10.3 Å². The summed E-state index contributed by atoms with van der Waals surface area (Å²) in [5.74, 6) is 0.802. The molecule has 0 unspecified atom stereocenters. The minimum absolute atomic E-state index is 0.142. The van der Waals surface area contributed by atoms with E-state index in [-0.39, 0.29) is 5.69 Å². The van der Waals surface area contributed by atoms with Crippen LogP contribution >= 0.6 is 27.3 Å². The standard InChI is InChI=1S/C20H20BrN5OS/c21-12-8-17(28-10-12)18-19(24-13-4-2-1-3-5-13)25-20(27)26(18)14-6-7-15-16(9-14)23-11-22-15/h6-11,13,24H,1-5H2,(H,22,23)(H,25,27). The normalized spacial score (nSPS) is 15.3. The summed E-state index contributed by atoms with van der Waals surface area (Å²) in [6.07, 6.45) is 7.71. The smallest absolute Gasteiger partial charge is 0.332 e. The van der Waals surface area contributed by atoms with Crippen molar-refractivity contribution in [1.29, 1.82) is 0 Å². The van der Waals surface area contributed by atoms with Crippen LogP contribution in [0.3, 0.4) is 0 Å². The number of anilines is 1. The molecule has 0 spiro atoms. The van der Waals surface area contributed by atoms with Crippen molar-refractivity contribution in [3.05, 3.63) is 50.9 Å². The van der Waals surface area contributed by atoms with Gasteiger partial charge in [-0.05, 0) is 53.0 Å². The monoisotopic (exact) mass is 457 g/mol. The Balaban J connectivity index is 1.65. The third-order valence-corrected chi connectivity index (χ3v) is 7.01. The zero-order chi connectivity index (χ0) is 19.1. The first-order valence-corrected chi connectivity index (χ1v) is 11.2. The Bertz CT molecular complexity index is 1180. The molecular formula is C20H20BrN5OS. The fourth-order valence-electron chi connectivity index (χ4n) is 3.97. The molecule has 1 aliphatic carbocycles. The van der Waals surface area contributed by atoms with Crippen LogP contribution in [0.1, 0.15) is 32.1 Å². The molecule has 0 aliphatic heterocycles. The molecule has 3 heterocycles. The maximum absolute atomic E-state index is 13.0. The number of aromatic nitrogens is 4. The van der Waals surface area contributed by atoms with E-state index >= 15 is 0 Å². The minimum Gasteiger partial charge on any atom is -0.367 e. The third kappa shape index (κ3) is 3.20. The van der Waals surface area contributed by atoms with Crippen LogP contribution in [-0.2, 0) is 0 Å². The molecule has 1 aliphatic rings. The molecule has 28 heavy (non-hydrogen) atoms. The number of benzene rings is 1. The summed E-state index contributed by atoms with van der Waals surface area (Å²) >= 11 is 5.17. The predicted octanol–water partition coefficient (Wildman–Crippen LogP) is 5.28. The molecule has 1 fully saturated rings. The van der Waals surface area contributed by atoms with Crippen LogP contribution in [-0.4, -0.2) is 25.6 Å². The summed E-state index contributed by atoms with van der Waals surface area (Å²) in [6.45, 7) is 0. The van der Waals surface area contributed by atoms with Gasteiger partial charge in [-0.2, -0.15) is 0 Å². The Kier molecular flexibility index (Phi) is 4.60. The molecule has 1 saturated carbocycles. The number of aromatic amines is 2. The molecule has 6 nitrogen and oxygen atoms in total. The molecule has 0 bridgehead atoms. The topological polar surface area (TPSA) is 78.5 Å². The van der Waals surface area contributed by atoms with Crippen LogP contribution in [0.5, 0.6) is 0 Å². The number of rotatable bonds is 4. The fourth-order valence-corrected chi connectivity index (χ4v) is 5.44. The Morgan fingerprint density at radius 1 is 1.21 bits per heavy atom. The molecule has 5 rings (SSSR count). The van der Waals surface area contributed by atoms with Crippen molar-refractivity contribution in [3.63, 3.8) is 0 Å². The van der Waals surface area contributed by atoms with E-state index in [0.717, 1.165) is 50.4 Å². The van der Waals surface area contributed by atoms with E-state index in [1.807, 2.05) is 23.6 Å². The molecule has 4 aromatic rings. The second kappa shape index (κ2) is 7.25. The number of hydrogen-bond acceptors (Lipinski definition) is 4. The molecule has 0 saturated heterocycles. The molecule has 3 aromatic heterocycles. The highest BCUT2D eigenvalue weighted by atomic mass is 79.9. The summed E-state index contributed by atoms with van der Waals surface area (Å²) < 4.78 is 2.77. The number of nitrogens with zero attached hydrogens (tertiary/aromatic N) is 2. The first-order chi connectivity index (χ1) is 13.7. The largest absolute Gasteiger partial charge is 0.367 e. The van der Waals surface area contributed by atoms with E-state index in [9.17, 15) is 4.79 Å². The lowest BCUT2D eigenvalue weighted by Crippen LogP contribution is -2.23. The van der Waals surface area contributed by atoms with Crippen LogP contribution in [0, 0.1) is 0 Å². The molecule has 0 radical (unpaired) electrons. The fraction of sp³-hybridized carbons (Fsp3) is 0.300. The lowest BCUT2D eigenvalue weighted by Gasteiger charge is -2.23. The van der Waals surface area contributed by atoms with Gasteiger partial charge in [-0.1, -0.05) is 19.3 Å². The number of hydrogen-bond donors (Lipinski definition) is 3. The van der Waals surface area contributed by atoms with Crippen molar-refractivity contribution in [1.82, 2.24) is 19.5 Å². The molecule has 3 N–H and O–H groups in total. The van der Waals surface area contributed by atoms with Crippen molar-refractivity contribution in [2.75, 3.05) is 5.32 Å². The number of H-pyrrole nitrogens is 2. The van der Waals surface area contributed by atoms with Gasteiger partial charge in [-0.25, -0.2) is 9.78 Å². The highest BCUT2D eigenvalue weighted by molar-refractivity contribution is 9.10. The summed E-state index contributed by atoms with van der Waals surface area (Å²) in [5, 5.41) is 5.66. The first-order valence-electron chi connectivity index (χ1n) is 9.48. The lowest BCUT2D eigenvalue weighted by molar-refractivity contribution is 0.462. The van der Waals surface area contributed by atoms with Gasteiger partial charge in [0.25, 0.3) is 0 Å². The lowest BCUT2D eigenvalue weighted by atomic mass is 9.95. The minimum atomic E-state index is -0.142. The van der Waals surface area contributed by atoms with Crippen LogP contribution in [0.2, 0.25) is 0 Å². The van der Waals surface area contributed by atoms with Crippen molar-refractivity contribution in [2.24, 2.45) is 0 Å². The Labute approximate surface area is 174 Å². The van der Waals surface area contributed by atoms with Gasteiger partial charge in [-0.3, -0.25) is 9.55 Å². The van der Waals surface area contributed by atoms with Crippen LogP contribution in [0.4, 0.5) is 5.82 Å². The maximum atomic E-state index is 13.0. The van der Waals surface area contributed by atoms with Crippen molar-refractivity contribution in [2.45, 2.75) is 38.1 Å². The predicted molar refractivity (Wildman–Crippen MR) is 118 cm³/mol. The Hall–Kier alpha value is -2.32. The van der Waals surface area contributed by atoms with Crippen LogP contribution < -0.4 is 11.0 Å². The second-order valence-corrected chi connectivity index (χ2v) is 9.03. The molecule has 0 amide bonds. The van der Waals surface area contributed by atoms with E-state index in [2.05, 4.69) is 42.3 Å². The molecule has 1 aromatic carbocycles. The number of fused-ring (bicyclic) bond motifs is 1. The number of halogens is 1. The summed E-state index contributed by atoms with van der Waals surface area (Å²) in [7, 11) is 0. The van der Waals surface area contributed by atoms with Gasteiger partial charge >= 0.3 is 5.69 Å². The second-order valence-electron chi connectivity index (χ2n) is 7.20. The highest BCUT2D eigenvalue weighted by Gasteiger charge is 2.22. The van der Waals surface area contributed by atoms with Gasteiger partial charge in [0.2, 0.25) is 0 Å². The molecule has 144 valence electrons. The Morgan fingerprint density at radius 3 is 2.86 bits per heavy atom. The molecule has 8 heteroatoms. The summed E-state index contributed by atoms with van der Waals surface area (Å²) in [5.41, 5.74) is 3.34. The van der Waals surface area contributed by atoms with E-state index in [0.29, 0.717) is 6.04 Å². The van der Waals surface area contributed by atoms with Crippen LogP contribution in [0.15, 0.2) is 45.2 Å². The summed E-state index contributed by atoms with van der Waals surface area (Å²) in [4.78, 5) is 24.5. The van der Waals surface area contributed by atoms with E-state index in [1.165, 1.54) is 19.3 Å². The average molecular weight is 458 g/mol. The van der Waals surface area contributed by atoms with Crippen molar-refractivity contribution < 1.29 is 0 Å². The molecular weight excluding hydrogens is 438 g/mol. The van der Waals surface area contributed by atoms with E-state index in [1.54, 1.807) is 22.2 Å². The first kappa shape index (κ1) is 17.8. The zero-order valence-electron chi connectivity index (χ0n) is 15.2.